The third-order valence-electron chi connectivity index (χ3n) is 2.91. The SMILES string of the molecule is CCCC(C)(N)C(=O)NCCCOc1ccccc1. The summed E-state index contributed by atoms with van der Waals surface area (Å²) in [5, 5.41) is 2.85. The fourth-order valence-corrected chi connectivity index (χ4v) is 1.82. The van der Waals surface area contributed by atoms with Crippen molar-refractivity contribution in [3.63, 3.8) is 0 Å². The molecule has 0 fully saturated rings. The Morgan fingerprint density at radius 2 is 2.05 bits per heavy atom. The number of rotatable bonds is 8. The number of nitrogens with one attached hydrogen (secondary N) is 1. The standard InChI is InChI=1S/C15H24N2O2/c1-3-10-15(2,16)14(18)17-11-7-12-19-13-8-5-4-6-9-13/h4-6,8-9H,3,7,10-12,16H2,1-2H3,(H,17,18). The molecule has 0 radical (unpaired) electrons. The quantitative estimate of drug-likeness (QED) is 0.707. The fourth-order valence-electron chi connectivity index (χ4n) is 1.82. The molecule has 1 aromatic rings. The van der Waals surface area contributed by atoms with Crippen LogP contribution in [0.5, 0.6) is 5.75 Å². The van der Waals surface area contributed by atoms with Crippen molar-refractivity contribution in [2.75, 3.05) is 13.2 Å². The van der Waals surface area contributed by atoms with Crippen LogP contribution in [0.2, 0.25) is 0 Å². The molecule has 4 nitrogen and oxygen atoms in total. The van der Waals surface area contributed by atoms with Gasteiger partial charge in [0.2, 0.25) is 5.91 Å². The van der Waals surface area contributed by atoms with Gasteiger partial charge in [-0.15, -0.1) is 0 Å². The number of nitrogens with two attached hydrogens (primary N) is 1. The van der Waals surface area contributed by atoms with E-state index in [2.05, 4.69) is 5.32 Å². The largest absolute Gasteiger partial charge is 0.494 e. The molecule has 0 bridgehead atoms. The van der Waals surface area contributed by atoms with Gasteiger partial charge in [-0.1, -0.05) is 31.5 Å². The Bertz CT molecular complexity index is 377. The number of benzene rings is 1. The highest BCUT2D eigenvalue weighted by Gasteiger charge is 2.26. The lowest BCUT2D eigenvalue weighted by Crippen LogP contribution is -2.51. The minimum Gasteiger partial charge on any atom is -0.494 e. The molecule has 4 heteroatoms. The molecule has 1 atom stereocenters. The number of amides is 1. The van der Waals surface area contributed by atoms with E-state index in [0.29, 0.717) is 19.6 Å². The summed E-state index contributed by atoms with van der Waals surface area (Å²) >= 11 is 0. The van der Waals surface area contributed by atoms with Gasteiger partial charge < -0.3 is 15.8 Å². The lowest BCUT2D eigenvalue weighted by Gasteiger charge is -2.22. The van der Waals surface area contributed by atoms with Crippen molar-refractivity contribution in [1.29, 1.82) is 0 Å². The van der Waals surface area contributed by atoms with Gasteiger partial charge in [-0.3, -0.25) is 4.79 Å². The van der Waals surface area contributed by atoms with Gasteiger partial charge in [0.25, 0.3) is 0 Å². The van der Waals surface area contributed by atoms with Crippen LogP contribution in [0.4, 0.5) is 0 Å². The highest BCUT2D eigenvalue weighted by molar-refractivity contribution is 5.85. The summed E-state index contributed by atoms with van der Waals surface area (Å²) in [7, 11) is 0. The van der Waals surface area contributed by atoms with Crippen LogP contribution < -0.4 is 15.8 Å². The first-order chi connectivity index (χ1) is 9.06. The van der Waals surface area contributed by atoms with E-state index < -0.39 is 5.54 Å². The third-order valence-corrected chi connectivity index (χ3v) is 2.91. The molecule has 1 amide bonds. The molecule has 1 rings (SSSR count). The molecule has 106 valence electrons. The number of carbonyl (C=O) groups excluding carboxylic acids is 1. The summed E-state index contributed by atoms with van der Waals surface area (Å²) in [5.41, 5.74) is 5.16. The van der Waals surface area contributed by atoms with Gasteiger partial charge in [0, 0.05) is 6.54 Å². The second kappa shape index (κ2) is 7.79. The first-order valence-corrected chi connectivity index (χ1v) is 6.81. The maximum Gasteiger partial charge on any atom is 0.239 e. The van der Waals surface area contributed by atoms with Gasteiger partial charge >= 0.3 is 0 Å². The third kappa shape index (κ3) is 5.75. The molecule has 3 N–H and O–H groups in total. The Kier molecular flexibility index (Phi) is 6.36. The van der Waals surface area contributed by atoms with E-state index in [4.69, 9.17) is 10.5 Å². The molecule has 0 spiro atoms. The van der Waals surface area contributed by atoms with Crippen molar-refractivity contribution in [3.8, 4) is 5.75 Å². The summed E-state index contributed by atoms with van der Waals surface area (Å²) in [6, 6.07) is 9.64. The average Bonchev–Trinajstić information content (AvgIpc) is 2.39. The summed E-state index contributed by atoms with van der Waals surface area (Å²) in [6.45, 7) is 4.96. The minimum absolute atomic E-state index is 0.0888. The smallest absolute Gasteiger partial charge is 0.239 e. The lowest BCUT2D eigenvalue weighted by molar-refractivity contribution is -0.126. The number of carbonyl (C=O) groups is 1. The highest BCUT2D eigenvalue weighted by atomic mass is 16.5. The topological polar surface area (TPSA) is 64.4 Å². The Morgan fingerprint density at radius 1 is 1.37 bits per heavy atom. The first kappa shape index (κ1) is 15.5. The van der Waals surface area contributed by atoms with Gasteiger partial charge in [-0.05, 0) is 31.9 Å². The van der Waals surface area contributed by atoms with Crippen LogP contribution in [-0.4, -0.2) is 24.6 Å². The number of para-hydroxylation sites is 1. The molecule has 0 saturated carbocycles. The average molecular weight is 264 g/mol. The van der Waals surface area contributed by atoms with E-state index in [0.717, 1.165) is 18.6 Å². The van der Waals surface area contributed by atoms with Crippen LogP contribution >= 0.6 is 0 Å². The predicted octanol–water partition coefficient (Wildman–Crippen LogP) is 2.09. The van der Waals surface area contributed by atoms with Gasteiger partial charge in [0.15, 0.2) is 0 Å². The molecular weight excluding hydrogens is 240 g/mol. The fraction of sp³-hybridized carbons (Fsp3) is 0.533. The van der Waals surface area contributed by atoms with E-state index in [1.54, 1.807) is 6.92 Å². The van der Waals surface area contributed by atoms with Crippen LogP contribution in [0.25, 0.3) is 0 Å². The lowest BCUT2D eigenvalue weighted by atomic mass is 9.96. The summed E-state index contributed by atoms with van der Waals surface area (Å²) in [5.74, 6) is 0.762. The number of hydrogen-bond acceptors (Lipinski definition) is 3. The maximum absolute atomic E-state index is 11.8. The van der Waals surface area contributed by atoms with Crippen LogP contribution in [0, 0.1) is 0 Å². The van der Waals surface area contributed by atoms with Crippen LogP contribution in [0.1, 0.15) is 33.1 Å². The maximum atomic E-state index is 11.8. The van der Waals surface area contributed by atoms with Crippen molar-refractivity contribution in [2.24, 2.45) is 5.73 Å². The van der Waals surface area contributed by atoms with Gasteiger partial charge in [0.05, 0.1) is 12.1 Å². The van der Waals surface area contributed by atoms with Crippen molar-refractivity contribution in [3.05, 3.63) is 30.3 Å². The molecular formula is C15H24N2O2. The van der Waals surface area contributed by atoms with Crippen molar-refractivity contribution in [1.82, 2.24) is 5.32 Å². The van der Waals surface area contributed by atoms with Gasteiger partial charge in [-0.2, -0.15) is 0 Å². The van der Waals surface area contributed by atoms with E-state index in [1.807, 2.05) is 37.3 Å². The Morgan fingerprint density at radius 3 is 2.68 bits per heavy atom. The van der Waals surface area contributed by atoms with Crippen molar-refractivity contribution in [2.45, 2.75) is 38.6 Å². The molecule has 1 aromatic carbocycles. The summed E-state index contributed by atoms with van der Waals surface area (Å²) in [6.07, 6.45) is 2.36. The van der Waals surface area contributed by atoms with Gasteiger partial charge in [-0.25, -0.2) is 0 Å². The minimum atomic E-state index is -0.769. The highest BCUT2D eigenvalue weighted by Crippen LogP contribution is 2.09. The Hall–Kier alpha value is -1.55. The van der Waals surface area contributed by atoms with Crippen LogP contribution in [0.3, 0.4) is 0 Å². The molecule has 0 aliphatic heterocycles. The first-order valence-electron chi connectivity index (χ1n) is 6.81. The monoisotopic (exact) mass is 264 g/mol. The Labute approximate surface area is 115 Å². The van der Waals surface area contributed by atoms with E-state index in [1.165, 1.54) is 0 Å². The van der Waals surface area contributed by atoms with Crippen molar-refractivity contribution >= 4 is 5.91 Å². The zero-order valence-electron chi connectivity index (χ0n) is 11.8. The Balaban J connectivity index is 2.16. The molecule has 0 aliphatic rings. The van der Waals surface area contributed by atoms with E-state index >= 15 is 0 Å². The molecule has 0 aromatic heterocycles. The van der Waals surface area contributed by atoms with Crippen LogP contribution in [-0.2, 0) is 4.79 Å². The second-order valence-corrected chi connectivity index (χ2v) is 4.94. The van der Waals surface area contributed by atoms with E-state index in [9.17, 15) is 4.79 Å². The summed E-state index contributed by atoms with van der Waals surface area (Å²) in [4.78, 5) is 11.8. The molecule has 19 heavy (non-hydrogen) atoms. The summed E-state index contributed by atoms with van der Waals surface area (Å²) < 4.78 is 5.54. The van der Waals surface area contributed by atoms with Crippen molar-refractivity contribution < 1.29 is 9.53 Å². The normalized spacial score (nSPS) is 13.6. The number of hydrogen-bond donors (Lipinski definition) is 2. The second-order valence-electron chi connectivity index (χ2n) is 4.94. The molecule has 0 aliphatic carbocycles. The predicted molar refractivity (Wildman–Crippen MR) is 77.1 cm³/mol. The van der Waals surface area contributed by atoms with Gasteiger partial charge in [0.1, 0.15) is 5.75 Å². The zero-order valence-corrected chi connectivity index (χ0v) is 11.8. The number of ether oxygens (including phenoxy) is 1. The molecule has 0 heterocycles. The zero-order chi connectivity index (χ0) is 14.1. The molecule has 0 saturated heterocycles. The van der Waals surface area contributed by atoms with E-state index in [-0.39, 0.29) is 5.91 Å². The molecule has 1 unspecified atom stereocenters. The van der Waals surface area contributed by atoms with Crippen LogP contribution in [0.15, 0.2) is 30.3 Å².